The predicted molar refractivity (Wildman–Crippen MR) is 169 cm³/mol. The van der Waals surface area contributed by atoms with E-state index in [2.05, 4.69) is 63.5 Å². The third-order valence-electron chi connectivity index (χ3n) is 8.00. The minimum atomic E-state index is -5.08. The van der Waals surface area contributed by atoms with Gasteiger partial charge in [0.2, 0.25) is 5.95 Å². The first-order valence-electron chi connectivity index (χ1n) is 15.4. The van der Waals surface area contributed by atoms with E-state index in [0.29, 0.717) is 12.6 Å². The van der Waals surface area contributed by atoms with Crippen LogP contribution in [0.4, 0.5) is 30.8 Å². The second-order valence-electron chi connectivity index (χ2n) is 11.7. The lowest BCUT2D eigenvalue weighted by atomic mass is 10.1. The van der Waals surface area contributed by atoms with E-state index in [9.17, 15) is 13.2 Å². The maximum absolute atomic E-state index is 10.6. The zero-order chi connectivity index (χ0) is 32.8. The van der Waals surface area contributed by atoms with Gasteiger partial charge in [-0.3, -0.25) is 0 Å². The molecule has 0 saturated carbocycles. The molecule has 2 fully saturated rings. The summed E-state index contributed by atoms with van der Waals surface area (Å²) in [6.45, 7) is 8.68. The van der Waals surface area contributed by atoms with E-state index in [1.165, 1.54) is 0 Å². The molecule has 46 heavy (non-hydrogen) atoms. The minimum Gasteiger partial charge on any atom is -0.475 e. The molecule has 5 heterocycles. The maximum Gasteiger partial charge on any atom is 0.490 e. The molecule has 0 aliphatic carbocycles. The highest BCUT2D eigenvalue weighted by molar-refractivity contribution is 5.84. The summed E-state index contributed by atoms with van der Waals surface area (Å²) in [4.78, 5) is 25.7. The van der Waals surface area contributed by atoms with Crippen molar-refractivity contribution < 1.29 is 23.1 Å². The molecule has 0 amide bonds. The second-order valence-corrected chi connectivity index (χ2v) is 11.7. The quantitative estimate of drug-likeness (QED) is 0.189. The highest BCUT2D eigenvalue weighted by Gasteiger charge is 2.38. The van der Waals surface area contributed by atoms with E-state index in [-0.39, 0.29) is 12.1 Å². The lowest BCUT2D eigenvalue weighted by molar-refractivity contribution is -0.192. The topological polar surface area (TPSA) is 164 Å². The molecule has 3 aromatic heterocycles. The molecule has 0 atom stereocenters. The Morgan fingerprint density at radius 2 is 1.80 bits per heavy atom. The fourth-order valence-corrected chi connectivity index (χ4v) is 5.42. The molecule has 2 saturated heterocycles. The summed E-state index contributed by atoms with van der Waals surface area (Å²) in [5.41, 5.74) is 9.94. The Kier molecular flexibility index (Phi) is 10.3. The normalized spacial score (nSPS) is 16.4. The van der Waals surface area contributed by atoms with Crippen LogP contribution in [-0.4, -0.2) is 84.8 Å². The number of nitrogens with one attached hydrogen (secondary N) is 3. The molecule has 2 aliphatic rings. The number of carboxylic acids is 1. The Bertz CT molecular complexity index is 1610. The van der Waals surface area contributed by atoms with Crippen LogP contribution in [0.1, 0.15) is 51.1 Å². The van der Waals surface area contributed by atoms with Crippen molar-refractivity contribution in [3.63, 3.8) is 0 Å². The van der Waals surface area contributed by atoms with Crippen molar-refractivity contribution in [1.82, 2.24) is 34.6 Å². The lowest BCUT2D eigenvalue weighted by Gasteiger charge is -2.30. The number of fused-ring (bicyclic) bond motifs is 1. The van der Waals surface area contributed by atoms with Crippen LogP contribution in [0.25, 0.3) is 16.9 Å². The fraction of sp³-hybridized carbons (Fsp3) is 0.500. The summed E-state index contributed by atoms with van der Waals surface area (Å²) in [7, 11) is 0. The smallest absolute Gasteiger partial charge is 0.475 e. The number of para-hydroxylation sites is 1. The minimum absolute atomic E-state index is 0.244. The third-order valence-corrected chi connectivity index (χ3v) is 8.00. The van der Waals surface area contributed by atoms with E-state index >= 15 is 0 Å². The largest absolute Gasteiger partial charge is 0.490 e. The maximum atomic E-state index is 10.6. The van der Waals surface area contributed by atoms with Gasteiger partial charge in [0.15, 0.2) is 17.0 Å². The van der Waals surface area contributed by atoms with Crippen LogP contribution in [0.15, 0.2) is 42.9 Å². The Hall–Kier alpha value is -4.44. The number of carboxylic acid groups (broad SMARTS) is 1. The Balaban J connectivity index is 0.000000537. The lowest BCUT2D eigenvalue weighted by Crippen LogP contribution is -2.40. The van der Waals surface area contributed by atoms with Crippen LogP contribution >= 0.6 is 0 Å². The molecule has 248 valence electrons. The number of halogens is 3. The van der Waals surface area contributed by atoms with E-state index < -0.39 is 12.1 Å². The fourth-order valence-electron chi connectivity index (χ4n) is 5.42. The van der Waals surface area contributed by atoms with Gasteiger partial charge < -0.3 is 36.3 Å². The number of nitrogens with zero attached hydrogens (tertiary/aromatic N) is 7. The van der Waals surface area contributed by atoms with E-state index in [0.717, 1.165) is 91.9 Å². The number of piperidine rings is 2. The number of imidazole rings is 1. The summed E-state index contributed by atoms with van der Waals surface area (Å²) in [6.07, 6.45) is 2.91. The number of rotatable bonds is 8. The molecule has 0 radical (unpaired) electrons. The second kappa shape index (κ2) is 14.3. The number of anilines is 3. The van der Waals surface area contributed by atoms with Crippen LogP contribution in [0, 0.1) is 0 Å². The van der Waals surface area contributed by atoms with Gasteiger partial charge in [0.25, 0.3) is 0 Å². The average Bonchev–Trinajstić information content (AvgIpc) is 3.68. The first-order valence-corrected chi connectivity index (χ1v) is 15.4. The number of nitrogens with two attached hydrogens (primary N) is 1. The van der Waals surface area contributed by atoms with Crippen LogP contribution in [0.2, 0.25) is 0 Å². The third kappa shape index (κ3) is 8.04. The summed E-state index contributed by atoms with van der Waals surface area (Å²) in [5.74, 6) is -0.374. The first-order chi connectivity index (χ1) is 22.0. The molecular formula is C30H40F3N11O2. The number of hydrogen-bond acceptors (Lipinski definition) is 10. The average molecular weight is 644 g/mol. The van der Waals surface area contributed by atoms with Crippen molar-refractivity contribution in [2.24, 2.45) is 5.73 Å². The molecule has 6 rings (SSSR count). The Labute approximate surface area is 264 Å². The SMILES string of the molecule is CC(C)n1cnc2c(NCc3ccccc3-n3ccc(NC4CCNCC4)n3)nc(N3CCC(N)CC3)nc21.O=C(O)C(F)(F)F. The Morgan fingerprint density at radius 1 is 1.11 bits per heavy atom. The van der Waals surface area contributed by atoms with Crippen LogP contribution in [0.5, 0.6) is 0 Å². The number of carbonyl (C=O) groups is 1. The van der Waals surface area contributed by atoms with Gasteiger partial charge in [0.05, 0.1) is 12.0 Å². The van der Waals surface area contributed by atoms with Gasteiger partial charge in [-0.15, -0.1) is 0 Å². The van der Waals surface area contributed by atoms with Gasteiger partial charge in [-0.05, 0) is 64.3 Å². The summed E-state index contributed by atoms with van der Waals surface area (Å²) >= 11 is 0. The predicted octanol–water partition coefficient (Wildman–Crippen LogP) is 3.93. The molecular weight excluding hydrogens is 603 g/mol. The standard InChI is InChI=1S/C28H39N11.C2HF3O2/c1-19(2)38-18-32-25-26(34-28(35-27(25)38)37-14-9-21(29)10-15-37)31-17-20-5-3-4-6-23(20)39-16-11-24(36-39)33-22-7-12-30-13-8-22;3-2(4,5)1(6)7/h3-6,11,16,18-19,21-22,30H,7-10,12-15,17,29H2,1-2H3,(H,33,36)(H,31,34,35);(H,6,7). The summed E-state index contributed by atoms with van der Waals surface area (Å²) < 4.78 is 35.8. The number of hydrogen-bond donors (Lipinski definition) is 5. The van der Waals surface area contributed by atoms with Crippen molar-refractivity contribution in [1.29, 1.82) is 0 Å². The van der Waals surface area contributed by atoms with Gasteiger partial charge in [-0.2, -0.15) is 28.2 Å². The van der Waals surface area contributed by atoms with Crippen molar-refractivity contribution in [3.05, 3.63) is 48.4 Å². The van der Waals surface area contributed by atoms with Gasteiger partial charge in [-0.25, -0.2) is 14.5 Å². The number of benzene rings is 1. The molecule has 6 N–H and O–H groups in total. The van der Waals surface area contributed by atoms with Crippen molar-refractivity contribution >= 4 is 34.7 Å². The molecule has 4 aromatic rings. The van der Waals surface area contributed by atoms with Gasteiger partial charge in [-0.1, -0.05) is 18.2 Å². The number of aliphatic carboxylic acids is 1. The van der Waals surface area contributed by atoms with E-state index in [1.807, 2.05) is 23.3 Å². The molecule has 0 unspecified atom stereocenters. The van der Waals surface area contributed by atoms with Crippen molar-refractivity contribution in [2.45, 2.75) is 70.4 Å². The highest BCUT2D eigenvalue weighted by atomic mass is 19.4. The molecule has 0 bridgehead atoms. The van der Waals surface area contributed by atoms with Gasteiger partial charge >= 0.3 is 12.1 Å². The number of alkyl halides is 3. The van der Waals surface area contributed by atoms with Crippen LogP contribution < -0.4 is 26.6 Å². The van der Waals surface area contributed by atoms with Gasteiger partial charge in [0, 0.05) is 50.0 Å². The van der Waals surface area contributed by atoms with Crippen LogP contribution in [0.3, 0.4) is 0 Å². The molecule has 13 nitrogen and oxygen atoms in total. The summed E-state index contributed by atoms with van der Waals surface area (Å²) in [6, 6.07) is 11.3. The van der Waals surface area contributed by atoms with E-state index in [1.54, 1.807) is 0 Å². The Morgan fingerprint density at radius 3 is 2.48 bits per heavy atom. The summed E-state index contributed by atoms with van der Waals surface area (Å²) in [5, 5.41) is 22.6. The van der Waals surface area contributed by atoms with Gasteiger partial charge in [0.1, 0.15) is 5.82 Å². The molecule has 16 heteroatoms. The highest BCUT2D eigenvalue weighted by Crippen LogP contribution is 2.27. The molecule has 2 aliphatic heterocycles. The number of aromatic nitrogens is 6. The van der Waals surface area contributed by atoms with Crippen molar-refractivity contribution in [3.8, 4) is 5.69 Å². The van der Waals surface area contributed by atoms with Crippen molar-refractivity contribution in [2.75, 3.05) is 41.7 Å². The van der Waals surface area contributed by atoms with E-state index in [4.69, 9.17) is 35.7 Å². The monoisotopic (exact) mass is 643 g/mol. The zero-order valence-corrected chi connectivity index (χ0v) is 25.8. The zero-order valence-electron chi connectivity index (χ0n) is 25.8. The molecule has 1 aromatic carbocycles. The van der Waals surface area contributed by atoms with Crippen LogP contribution in [-0.2, 0) is 11.3 Å². The molecule has 0 spiro atoms. The first kappa shape index (κ1) is 32.9.